The number of unbranched alkanes of at least 4 members (excludes halogenated alkanes) is 26. The molecule has 0 bridgehead atoms. The van der Waals surface area contributed by atoms with Crippen LogP contribution in [0.4, 0.5) is 11.4 Å². The second-order valence-corrected chi connectivity index (χ2v) is 25.3. The number of ether oxygens (including phenoxy) is 2. The minimum atomic E-state index is -0.731. The number of benzene rings is 6. The van der Waals surface area contributed by atoms with Crippen molar-refractivity contribution in [3.63, 3.8) is 0 Å². The zero-order valence-electron chi connectivity index (χ0n) is 50.0. The second kappa shape index (κ2) is 28.1. The zero-order valence-corrected chi connectivity index (χ0v) is 50.0. The van der Waals surface area contributed by atoms with Gasteiger partial charge in [-0.3, -0.25) is 20.2 Å². The maximum absolute atomic E-state index is 12.2. The molecule has 430 valence electrons. The van der Waals surface area contributed by atoms with Crippen LogP contribution >= 0.6 is 0 Å². The molecule has 0 unspecified atom stereocenters. The Bertz CT molecular complexity index is 3160. The Hall–Kier alpha value is -6.04. The van der Waals surface area contributed by atoms with Gasteiger partial charge < -0.3 is 9.47 Å². The molecule has 12 heteroatoms. The summed E-state index contributed by atoms with van der Waals surface area (Å²) in [6.07, 6.45) is 36.4. The van der Waals surface area contributed by atoms with Crippen LogP contribution in [0.3, 0.4) is 0 Å². The van der Waals surface area contributed by atoms with Gasteiger partial charge in [-0.25, -0.2) is 19.9 Å². The fraction of sp³-hybridized carbons (Fsp3) is 0.588. The lowest BCUT2D eigenvalue weighted by atomic mass is 9.80. The molecule has 0 aliphatic heterocycles. The molecule has 0 spiro atoms. The number of hydrogen-bond donors (Lipinski definition) is 0. The highest BCUT2D eigenvalue weighted by Crippen LogP contribution is 2.48. The average Bonchev–Trinajstić information content (AvgIpc) is 3.26. The number of fused-ring (bicyclic) bond motifs is 8. The Kier molecular flexibility index (Phi) is 21.1. The van der Waals surface area contributed by atoms with E-state index in [1.165, 1.54) is 166 Å². The van der Waals surface area contributed by atoms with Crippen molar-refractivity contribution in [1.29, 1.82) is 0 Å². The van der Waals surface area contributed by atoms with Crippen molar-refractivity contribution in [2.45, 2.75) is 246 Å². The first-order valence-corrected chi connectivity index (χ1v) is 31.2. The highest BCUT2D eigenvalue weighted by atomic mass is 16.6. The van der Waals surface area contributed by atoms with Crippen molar-refractivity contribution >= 4 is 87.8 Å². The topological polar surface area (TPSA) is 156 Å². The Morgan fingerprint density at radius 3 is 0.838 bits per heavy atom. The van der Waals surface area contributed by atoms with Crippen LogP contribution in [0, 0.1) is 20.2 Å². The number of aromatic nitrogens is 4. The maximum Gasteiger partial charge on any atom is 0.348 e. The zero-order chi connectivity index (χ0) is 56.8. The lowest BCUT2D eigenvalue weighted by molar-refractivity contribution is -0.422. The highest BCUT2D eigenvalue weighted by Gasteiger charge is 2.30. The van der Waals surface area contributed by atoms with E-state index in [0.717, 1.165) is 80.2 Å². The van der Waals surface area contributed by atoms with Crippen LogP contribution in [-0.4, -0.2) is 43.0 Å². The molecule has 0 radical (unpaired) electrons. The third-order valence-corrected chi connectivity index (χ3v) is 16.7. The lowest BCUT2D eigenvalue weighted by Crippen LogP contribution is -2.12. The van der Waals surface area contributed by atoms with Gasteiger partial charge in [0, 0.05) is 44.5 Å². The number of nitro benzene ring substituents is 2. The summed E-state index contributed by atoms with van der Waals surface area (Å²) in [6, 6.07) is 15.2. The normalized spacial score (nSPS) is 12.4. The van der Waals surface area contributed by atoms with Crippen molar-refractivity contribution in [3.8, 4) is 11.5 Å². The van der Waals surface area contributed by atoms with E-state index in [1.54, 1.807) is 0 Å². The average molecular weight is 1090 g/mol. The van der Waals surface area contributed by atoms with Crippen LogP contribution in [-0.2, 0) is 10.8 Å². The van der Waals surface area contributed by atoms with Gasteiger partial charge in [0.2, 0.25) is 0 Å². The van der Waals surface area contributed by atoms with Gasteiger partial charge >= 0.3 is 11.4 Å². The first-order valence-electron chi connectivity index (χ1n) is 31.2. The summed E-state index contributed by atoms with van der Waals surface area (Å²) in [6.45, 7) is 18.8. The van der Waals surface area contributed by atoms with Crippen molar-refractivity contribution in [3.05, 3.63) is 79.9 Å². The van der Waals surface area contributed by atoms with Crippen LogP contribution in [0.5, 0.6) is 11.5 Å². The van der Waals surface area contributed by atoms with Crippen molar-refractivity contribution in [1.82, 2.24) is 19.9 Å². The van der Waals surface area contributed by atoms with Crippen molar-refractivity contribution < 1.29 is 19.3 Å². The summed E-state index contributed by atoms with van der Waals surface area (Å²) in [7, 11) is 0. The van der Waals surface area contributed by atoms with E-state index in [1.807, 2.05) is 12.1 Å². The Labute approximate surface area is 475 Å². The fourth-order valence-electron chi connectivity index (χ4n) is 11.8. The molecule has 2 heterocycles. The van der Waals surface area contributed by atoms with Gasteiger partial charge in [0.05, 0.1) is 79.3 Å². The predicted molar refractivity (Wildman–Crippen MR) is 334 cm³/mol. The van der Waals surface area contributed by atoms with E-state index in [-0.39, 0.29) is 21.9 Å². The molecule has 0 amide bonds. The summed E-state index contributed by atoms with van der Waals surface area (Å²) >= 11 is 0. The van der Waals surface area contributed by atoms with Crippen molar-refractivity contribution in [2.24, 2.45) is 0 Å². The van der Waals surface area contributed by atoms with E-state index in [0.29, 0.717) is 46.8 Å². The lowest BCUT2D eigenvalue weighted by Gasteiger charge is -2.25. The Morgan fingerprint density at radius 1 is 0.362 bits per heavy atom. The first-order chi connectivity index (χ1) is 38.6. The van der Waals surface area contributed by atoms with Crippen LogP contribution in [0.25, 0.3) is 76.5 Å². The van der Waals surface area contributed by atoms with Crippen LogP contribution in [0.15, 0.2) is 48.5 Å². The van der Waals surface area contributed by atoms with Gasteiger partial charge in [0.1, 0.15) is 0 Å². The van der Waals surface area contributed by atoms with E-state index < -0.39 is 21.2 Å². The molecule has 0 N–H and O–H groups in total. The number of hydrogen-bond acceptors (Lipinski definition) is 10. The standard InChI is InChI=1S/C68H92N6O6/c1-9-11-13-15-17-19-21-23-25-27-29-31-33-35-37-79-59-45-55-56(46-60(59)80-38-36-34-32-30-28-26-24-22-20-18-16-14-12-10-2)72-66-52-42-48(68(6,7)8)40-50-62(52)61-49(39-47(67(3,4)5)41-51(61)65(66)71-55)63-64(50)70-54-44-58(74(77)78)57(73(75)76)43-53(54)69-63/h39-46H,9-38H2,1-8H3. The van der Waals surface area contributed by atoms with Gasteiger partial charge in [0.25, 0.3) is 0 Å². The fourth-order valence-corrected chi connectivity index (χ4v) is 11.8. The van der Waals surface area contributed by atoms with Crippen LogP contribution < -0.4 is 9.47 Å². The SMILES string of the molecule is CCCCCCCCCCCCCCCCOc1cc2nc3c4cc(C(C)(C)C)cc5c6nc7cc([N+](=O)[O-])c([N+](=O)[O-])cc7nc6c6cc(C(C)(C)C)cc(c3nc2cc1OCCCCCCCCCCCCCCCC)c6c45. The predicted octanol–water partition coefficient (Wildman–Crippen LogP) is 20.9. The number of nitro groups is 2. The van der Waals surface area contributed by atoms with Gasteiger partial charge in [-0.1, -0.05) is 222 Å². The molecular weight excluding hydrogens is 997 g/mol. The number of nitrogens with zero attached hydrogens (tertiary/aromatic N) is 6. The van der Waals surface area contributed by atoms with Crippen molar-refractivity contribution in [2.75, 3.05) is 13.2 Å². The molecule has 0 atom stereocenters. The van der Waals surface area contributed by atoms with E-state index in [2.05, 4.69) is 79.7 Å². The summed E-state index contributed by atoms with van der Waals surface area (Å²) in [4.78, 5) is 44.3. The van der Waals surface area contributed by atoms with Gasteiger partial charge in [0.15, 0.2) is 11.5 Å². The molecule has 0 aliphatic carbocycles. The molecule has 0 aliphatic rings. The third kappa shape index (κ3) is 14.9. The summed E-state index contributed by atoms with van der Waals surface area (Å²) < 4.78 is 13.4. The Morgan fingerprint density at radius 2 is 0.600 bits per heavy atom. The molecule has 0 saturated heterocycles. The monoisotopic (exact) mass is 1090 g/mol. The molecule has 0 fully saturated rings. The van der Waals surface area contributed by atoms with E-state index in [4.69, 9.17) is 29.4 Å². The number of rotatable bonds is 34. The minimum Gasteiger partial charge on any atom is -0.490 e. The molecule has 12 nitrogen and oxygen atoms in total. The largest absolute Gasteiger partial charge is 0.490 e. The Balaban J connectivity index is 1.12. The minimum absolute atomic E-state index is 0.206. The summed E-state index contributed by atoms with van der Waals surface area (Å²) in [5.74, 6) is 1.38. The first kappa shape index (κ1) is 60.1. The van der Waals surface area contributed by atoms with Crippen LogP contribution in [0.1, 0.15) is 246 Å². The smallest absolute Gasteiger partial charge is 0.348 e. The van der Waals surface area contributed by atoms with E-state index >= 15 is 0 Å². The molecular formula is C68H92N6O6. The van der Waals surface area contributed by atoms with Gasteiger partial charge in [-0.15, -0.1) is 0 Å². The molecule has 8 aromatic rings. The summed E-state index contributed by atoms with van der Waals surface area (Å²) in [5, 5.41) is 29.8. The molecule has 6 aromatic carbocycles. The molecule has 8 rings (SSSR count). The summed E-state index contributed by atoms with van der Waals surface area (Å²) in [5.41, 5.74) is 4.70. The second-order valence-electron chi connectivity index (χ2n) is 25.3. The van der Waals surface area contributed by atoms with E-state index in [9.17, 15) is 20.2 Å². The van der Waals surface area contributed by atoms with Crippen LogP contribution in [0.2, 0.25) is 0 Å². The highest BCUT2D eigenvalue weighted by molar-refractivity contribution is 6.39. The molecule has 0 saturated carbocycles. The molecule has 2 aromatic heterocycles. The molecule has 80 heavy (non-hydrogen) atoms. The third-order valence-electron chi connectivity index (χ3n) is 16.7. The van der Waals surface area contributed by atoms with Gasteiger partial charge in [-0.2, -0.15) is 0 Å². The van der Waals surface area contributed by atoms with Gasteiger partial charge in [-0.05, 0) is 59.1 Å². The quantitative estimate of drug-likeness (QED) is 0.0125. The maximum atomic E-state index is 12.2.